The Kier molecular flexibility index (Phi) is 5.20. The second kappa shape index (κ2) is 7.42. The van der Waals surface area contributed by atoms with Crippen LogP contribution in [0.4, 0.5) is 5.69 Å². The molecule has 1 heterocycles. The van der Waals surface area contributed by atoms with Gasteiger partial charge in [-0.25, -0.2) is 12.7 Å². The van der Waals surface area contributed by atoms with Gasteiger partial charge in [-0.15, -0.1) is 0 Å². The quantitative estimate of drug-likeness (QED) is 0.796. The van der Waals surface area contributed by atoms with Gasteiger partial charge in [-0.2, -0.15) is 0 Å². The van der Waals surface area contributed by atoms with Crippen LogP contribution in [0.2, 0.25) is 0 Å². The minimum absolute atomic E-state index is 0.157. The first-order valence-electron chi connectivity index (χ1n) is 8.19. The zero-order valence-corrected chi connectivity index (χ0v) is 16.0. The number of rotatable bonds is 5. The molecule has 2 aromatic carbocycles. The molecule has 0 atom stereocenters. The van der Waals surface area contributed by atoms with Gasteiger partial charge < -0.3 is 14.8 Å². The summed E-state index contributed by atoms with van der Waals surface area (Å²) in [4.78, 5) is 12.3. The average molecular weight is 388 g/mol. The van der Waals surface area contributed by atoms with Gasteiger partial charge >= 0.3 is 0 Å². The van der Waals surface area contributed by atoms with Crippen molar-refractivity contribution < 1.29 is 22.7 Å². The topological polar surface area (TPSA) is 84.9 Å². The van der Waals surface area contributed by atoms with Crippen LogP contribution in [0.25, 0.3) is 6.08 Å². The number of nitrogens with zero attached hydrogens (tertiary/aromatic N) is 1. The van der Waals surface area contributed by atoms with Crippen molar-refractivity contribution in [2.45, 2.75) is 11.8 Å². The van der Waals surface area contributed by atoms with Crippen LogP contribution in [-0.2, 0) is 14.8 Å². The Morgan fingerprint density at radius 3 is 2.59 bits per heavy atom. The smallest absolute Gasteiger partial charge is 0.248 e. The van der Waals surface area contributed by atoms with Crippen molar-refractivity contribution in [3.05, 3.63) is 53.6 Å². The van der Waals surface area contributed by atoms with E-state index in [2.05, 4.69) is 5.32 Å². The fourth-order valence-corrected chi connectivity index (χ4v) is 3.67. The fraction of sp³-hybridized carbons (Fsp3) is 0.211. The summed E-state index contributed by atoms with van der Waals surface area (Å²) >= 11 is 0. The highest BCUT2D eigenvalue weighted by molar-refractivity contribution is 7.89. The summed E-state index contributed by atoms with van der Waals surface area (Å²) in [5.41, 5.74) is 1.80. The highest BCUT2D eigenvalue weighted by Gasteiger charge is 2.20. The van der Waals surface area contributed by atoms with Gasteiger partial charge in [-0.05, 0) is 48.4 Å². The predicted molar refractivity (Wildman–Crippen MR) is 102 cm³/mol. The van der Waals surface area contributed by atoms with Gasteiger partial charge in [0.25, 0.3) is 0 Å². The summed E-state index contributed by atoms with van der Waals surface area (Å²) in [7, 11) is -0.656. The second-order valence-electron chi connectivity index (χ2n) is 6.20. The Balaban J connectivity index is 1.74. The lowest BCUT2D eigenvalue weighted by atomic mass is 10.2. The Labute approximate surface area is 158 Å². The number of sulfonamides is 1. The van der Waals surface area contributed by atoms with E-state index in [1.54, 1.807) is 37.3 Å². The largest absolute Gasteiger partial charge is 0.454 e. The van der Waals surface area contributed by atoms with E-state index < -0.39 is 10.0 Å². The fourth-order valence-electron chi connectivity index (χ4n) is 2.53. The first-order valence-corrected chi connectivity index (χ1v) is 9.63. The van der Waals surface area contributed by atoms with Crippen LogP contribution in [0, 0.1) is 6.92 Å². The Morgan fingerprint density at radius 2 is 1.85 bits per heavy atom. The third kappa shape index (κ3) is 4.12. The molecule has 1 aliphatic heterocycles. The molecule has 0 saturated carbocycles. The van der Waals surface area contributed by atoms with Crippen molar-refractivity contribution in [1.29, 1.82) is 0 Å². The minimum atomic E-state index is -3.59. The molecule has 7 nitrogen and oxygen atoms in total. The maximum Gasteiger partial charge on any atom is 0.248 e. The van der Waals surface area contributed by atoms with Gasteiger partial charge in [-0.3, -0.25) is 4.79 Å². The second-order valence-corrected chi connectivity index (χ2v) is 8.32. The van der Waals surface area contributed by atoms with E-state index in [0.29, 0.717) is 22.7 Å². The van der Waals surface area contributed by atoms with Crippen molar-refractivity contribution in [2.24, 2.45) is 0 Å². The van der Waals surface area contributed by atoms with Gasteiger partial charge in [0.2, 0.25) is 22.7 Å². The standard InChI is InChI=1S/C19H20N2O5S/c1-13-4-7-15(11-18(13)27(23,24)21(2)3)20-19(22)9-6-14-5-8-16-17(10-14)26-12-25-16/h4-11H,12H2,1-3H3,(H,20,22)/b9-6+. The number of carbonyl (C=O) groups excluding carboxylic acids is 1. The molecule has 27 heavy (non-hydrogen) atoms. The number of anilines is 1. The van der Waals surface area contributed by atoms with E-state index in [-0.39, 0.29) is 17.6 Å². The predicted octanol–water partition coefficient (Wildman–Crippen LogP) is 2.63. The van der Waals surface area contributed by atoms with Crippen LogP contribution in [0.5, 0.6) is 11.5 Å². The van der Waals surface area contributed by atoms with E-state index in [0.717, 1.165) is 9.87 Å². The molecular weight excluding hydrogens is 368 g/mol. The van der Waals surface area contributed by atoms with Gasteiger partial charge in [0, 0.05) is 25.9 Å². The number of hydrogen-bond acceptors (Lipinski definition) is 5. The molecule has 0 bridgehead atoms. The van der Waals surface area contributed by atoms with Crippen molar-refractivity contribution in [3.8, 4) is 11.5 Å². The van der Waals surface area contributed by atoms with Crippen LogP contribution < -0.4 is 14.8 Å². The number of fused-ring (bicyclic) bond motifs is 1. The van der Waals surface area contributed by atoms with Crippen molar-refractivity contribution in [1.82, 2.24) is 4.31 Å². The summed E-state index contributed by atoms with van der Waals surface area (Å²) in [6, 6.07) is 10.1. The van der Waals surface area contributed by atoms with Crippen LogP contribution in [-0.4, -0.2) is 39.5 Å². The molecule has 142 valence electrons. The van der Waals surface area contributed by atoms with E-state index in [1.807, 2.05) is 6.07 Å². The first-order chi connectivity index (χ1) is 12.8. The molecule has 0 aliphatic carbocycles. The molecule has 0 radical (unpaired) electrons. The van der Waals surface area contributed by atoms with Crippen molar-refractivity contribution in [3.63, 3.8) is 0 Å². The zero-order valence-electron chi connectivity index (χ0n) is 15.2. The molecular formula is C19H20N2O5S. The Morgan fingerprint density at radius 1 is 1.11 bits per heavy atom. The molecule has 0 aromatic heterocycles. The molecule has 8 heteroatoms. The summed E-state index contributed by atoms with van der Waals surface area (Å²) in [6.45, 7) is 1.90. The molecule has 1 amide bonds. The number of hydrogen-bond donors (Lipinski definition) is 1. The molecule has 1 aliphatic rings. The number of carbonyl (C=O) groups is 1. The van der Waals surface area contributed by atoms with Gasteiger partial charge in [0.1, 0.15) is 0 Å². The SMILES string of the molecule is Cc1ccc(NC(=O)/C=C/c2ccc3c(c2)OCO3)cc1S(=O)(=O)N(C)C. The number of aryl methyl sites for hydroxylation is 1. The maximum atomic E-state index is 12.4. The number of ether oxygens (including phenoxy) is 2. The lowest BCUT2D eigenvalue weighted by Crippen LogP contribution is -2.23. The first kappa shape index (κ1) is 18.9. The average Bonchev–Trinajstić information content (AvgIpc) is 3.09. The lowest BCUT2D eigenvalue weighted by Gasteiger charge is -2.14. The summed E-state index contributed by atoms with van der Waals surface area (Å²) < 4.78 is 36.4. The third-order valence-electron chi connectivity index (χ3n) is 4.04. The molecule has 2 aromatic rings. The molecule has 1 N–H and O–H groups in total. The molecule has 0 unspecified atom stereocenters. The number of nitrogens with one attached hydrogen (secondary N) is 1. The van der Waals surface area contributed by atoms with E-state index in [4.69, 9.17) is 9.47 Å². The molecule has 0 spiro atoms. The summed E-state index contributed by atoms with van der Waals surface area (Å²) in [5.74, 6) is 0.935. The van der Waals surface area contributed by atoms with Gasteiger partial charge in [0.15, 0.2) is 11.5 Å². The Bertz CT molecular complexity index is 1010. The minimum Gasteiger partial charge on any atom is -0.454 e. The summed E-state index contributed by atoms with van der Waals surface area (Å²) in [5, 5.41) is 2.68. The van der Waals surface area contributed by atoms with Crippen LogP contribution in [0.3, 0.4) is 0 Å². The van der Waals surface area contributed by atoms with E-state index in [1.165, 1.54) is 26.2 Å². The van der Waals surface area contributed by atoms with E-state index in [9.17, 15) is 13.2 Å². The van der Waals surface area contributed by atoms with Crippen molar-refractivity contribution >= 4 is 27.7 Å². The van der Waals surface area contributed by atoms with Gasteiger partial charge in [-0.1, -0.05) is 12.1 Å². The molecule has 0 fully saturated rings. The maximum absolute atomic E-state index is 12.4. The molecule has 0 saturated heterocycles. The van der Waals surface area contributed by atoms with Crippen LogP contribution in [0.15, 0.2) is 47.4 Å². The van der Waals surface area contributed by atoms with Crippen LogP contribution >= 0.6 is 0 Å². The van der Waals surface area contributed by atoms with Gasteiger partial charge in [0.05, 0.1) is 4.90 Å². The lowest BCUT2D eigenvalue weighted by molar-refractivity contribution is -0.111. The third-order valence-corrected chi connectivity index (χ3v) is 6.00. The Hall–Kier alpha value is -2.84. The van der Waals surface area contributed by atoms with Crippen molar-refractivity contribution in [2.75, 3.05) is 26.2 Å². The van der Waals surface area contributed by atoms with E-state index >= 15 is 0 Å². The van der Waals surface area contributed by atoms with Crippen LogP contribution in [0.1, 0.15) is 11.1 Å². The molecule has 3 rings (SSSR count). The monoisotopic (exact) mass is 388 g/mol. The number of benzene rings is 2. The zero-order chi connectivity index (χ0) is 19.6. The highest BCUT2D eigenvalue weighted by atomic mass is 32.2. The number of amides is 1. The highest BCUT2D eigenvalue weighted by Crippen LogP contribution is 2.32. The summed E-state index contributed by atoms with van der Waals surface area (Å²) in [6.07, 6.45) is 3.01. The normalized spacial score (nSPS) is 13.3.